The van der Waals surface area contributed by atoms with E-state index < -0.39 is 0 Å². The van der Waals surface area contributed by atoms with Crippen molar-refractivity contribution >= 4 is 0 Å². The average Bonchev–Trinajstić information content (AvgIpc) is 1.68. The average molecular weight is 118 g/mol. The molecule has 5 N–H and O–H groups in total. The molecule has 0 heterocycles. The van der Waals surface area contributed by atoms with Gasteiger partial charge in [-0.1, -0.05) is 0 Å². The van der Waals surface area contributed by atoms with Gasteiger partial charge in [0.25, 0.3) is 0 Å². The van der Waals surface area contributed by atoms with Crippen LogP contribution in [0, 0.1) is 0 Å². The van der Waals surface area contributed by atoms with E-state index >= 15 is 0 Å². The number of hydrogen-bond donors (Lipinski definition) is 3. The van der Waals surface area contributed by atoms with E-state index in [1.165, 1.54) is 0 Å². The molecule has 0 atom stereocenters. The van der Waals surface area contributed by atoms with Crippen molar-refractivity contribution in [1.82, 2.24) is 0 Å². The SMILES string of the molecule is NCCC(O)CCN. The zero-order valence-corrected chi connectivity index (χ0v) is 5.01. The maximum atomic E-state index is 8.89. The Hall–Kier alpha value is -0.120. The predicted molar refractivity (Wildman–Crippen MR) is 33.3 cm³/mol. The number of aliphatic hydroxyl groups is 1. The van der Waals surface area contributed by atoms with Crippen molar-refractivity contribution in [2.45, 2.75) is 18.9 Å². The molecule has 0 bridgehead atoms. The Labute approximate surface area is 49.7 Å². The van der Waals surface area contributed by atoms with Gasteiger partial charge in [0.2, 0.25) is 0 Å². The summed E-state index contributed by atoms with van der Waals surface area (Å²) in [6, 6.07) is 0. The van der Waals surface area contributed by atoms with E-state index in [1.807, 2.05) is 0 Å². The van der Waals surface area contributed by atoms with Crippen LogP contribution >= 0.6 is 0 Å². The van der Waals surface area contributed by atoms with Crippen molar-refractivity contribution < 1.29 is 5.11 Å². The molecule has 0 amide bonds. The van der Waals surface area contributed by atoms with Gasteiger partial charge in [0, 0.05) is 0 Å². The molecule has 0 rings (SSSR count). The summed E-state index contributed by atoms with van der Waals surface area (Å²) in [5, 5.41) is 8.89. The number of hydrogen-bond acceptors (Lipinski definition) is 3. The Kier molecular flexibility index (Phi) is 4.95. The van der Waals surface area contributed by atoms with Gasteiger partial charge in [-0.05, 0) is 25.9 Å². The molecule has 3 nitrogen and oxygen atoms in total. The van der Waals surface area contributed by atoms with E-state index in [0.717, 1.165) is 0 Å². The van der Waals surface area contributed by atoms with Gasteiger partial charge in [-0.15, -0.1) is 0 Å². The Morgan fingerprint density at radius 2 is 1.50 bits per heavy atom. The highest BCUT2D eigenvalue weighted by atomic mass is 16.3. The predicted octanol–water partition coefficient (Wildman–Crippen LogP) is -0.955. The lowest BCUT2D eigenvalue weighted by Crippen LogP contribution is -2.17. The molecule has 0 unspecified atom stereocenters. The van der Waals surface area contributed by atoms with Crippen LogP contribution in [0.15, 0.2) is 0 Å². The third kappa shape index (κ3) is 4.05. The Morgan fingerprint density at radius 1 is 1.12 bits per heavy atom. The molecule has 0 aliphatic rings. The second kappa shape index (κ2) is 5.03. The topological polar surface area (TPSA) is 72.3 Å². The first kappa shape index (κ1) is 7.88. The number of rotatable bonds is 4. The van der Waals surface area contributed by atoms with Gasteiger partial charge >= 0.3 is 0 Å². The molecule has 0 aliphatic heterocycles. The van der Waals surface area contributed by atoms with Crippen LogP contribution in [0.4, 0.5) is 0 Å². The summed E-state index contributed by atoms with van der Waals surface area (Å²) < 4.78 is 0. The minimum Gasteiger partial charge on any atom is -0.393 e. The van der Waals surface area contributed by atoms with Gasteiger partial charge in [0.15, 0.2) is 0 Å². The highest BCUT2D eigenvalue weighted by Gasteiger charge is 1.98. The summed E-state index contributed by atoms with van der Waals surface area (Å²) in [6.07, 6.45) is 1.04. The third-order valence-corrected chi connectivity index (χ3v) is 1.000. The quantitative estimate of drug-likeness (QED) is 0.445. The van der Waals surface area contributed by atoms with Crippen molar-refractivity contribution in [3.63, 3.8) is 0 Å². The van der Waals surface area contributed by atoms with Crippen LogP contribution in [0.5, 0.6) is 0 Å². The molecule has 50 valence electrons. The summed E-state index contributed by atoms with van der Waals surface area (Å²) in [5.74, 6) is 0. The van der Waals surface area contributed by atoms with E-state index in [-0.39, 0.29) is 6.10 Å². The highest BCUT2D eigenvalue weighted by Crippen LogP contribution is 1.91. The lowest BCUT2D eigenvalue weighted by Gasteiger charge is -2.04. The molecule has 0 aromatic carbocycles. The molecule has 0 radical (unpaired) electrons. The van der Waals surface area contributed by atoms with Gasteiger partial charge in [-0.2, -0.15) is 0 Å². The fourth-order valence-electron chi connectivity index (χ4n) is 0.529. The van der Waals surface area contributed by atoms with Crippen LogP contribution in [-0.4, -0.2) is 24.3 Å². The second-order valence-electron chi connectivity index (χ2n) is 1.81. The van der Waals surface area contributed by atoms with E-state index in [4.69, 9.17) is 16.6 Å². The normalized spacial score (nSPS) is 10.5. The van der Waals surface area contributed by atoms with Crippen LogP contribution < -0.4 is 11.5 Å². The Balaban J connectivity index is 2.92. The molecule has 3 heteroatoms. The smallest absolute Gasteiger partial charge is 0.0564 e. The Bertz CT molecular complexity index is 43.7. The van der Waals surface area contributed by atoms with Crippen LogP contribution in [0.2, 0.25) is 0 Å². The zero-order chi connectivity index (χ0) is 6.41. The first-order valence-corrected chi connectivity index (χ1v) is 2.89. The van der Waals surface area contributed by atoms with E-state index in [0.29, 0.717) is 25.9 Å². The lowest BCUT2D eigenvalue weighted by atomic mass is 10.2. The van der Waals surface area contributed by atoms with Gasteiger partial charge in [0.05, 0.1) is 6.10 Å². The summed E-state index contributed by atoms with van der Waals surface area (Å²) in [5.41, 5.74) is 10.3. The van der Waals surface area contributed by atoms with Gasteiger partial charge in [0.1, 0.15) is 0 Å². The molecule has 0 aromatic rings. The first-order chi connectivity index (χ1) is 3.81. The highest BCUT2D eigenvalue weighted by molar-refractivity contribution is 4.54. The number of aliphatic hydroxyl groups excluding tert-OH is 1. The van der Waals surface area contributed by atoms with Crippen molar-refractivity contribution in [3.05, 3.63) is 0 Å². The van der Waals surface area contributed by atoms with Crippen molar-refractivity contribution in [2.75, 3.05) is 13.1 Å². The molecule has 0 fully saturated rings. The minimum atomic E-state index is -0.287. The number of nitrogens with two attached hydrogens (primary N) is 2. The van der Waals surface area contributed by atoms with E-state index in [1.54, 1.807) is 0 Å². The standard InChI is InChI=1S/C5H14N2O/c6-3-1-5(8)2-4-7/h5,8H,1-4,6-7H2. The van der Waals surface area contributed by atoms with Crippen molar-refractivity contribution in [3.8, 4) is 0 Å². The molecular formula is C5H14N2O. The minimum absolute atomic E-state index is 0.287. The molecule has 0 aromatic heterocycles. The maximum absolute atomic E-state index is 8.89. The Morgan fingerprint density at radius 3 is 1.75 bits per heavy atom. The molecular weight excluding hydrogens is 104 g/mol. The fourth-order valence-corrected chi connectivity index (χ4v) is 0.529. The molecule has 8 heavy (non-hydrogen) atoms. The zero-order valence-electron chi connectivity index (χ0n) is 5.01. The van der Waals surface area contributed by atoms with Crippen molar-refractivity contribution in [1.29, 1.82) is 0 Å². The maximum Gasteiger partial charge on any atom is 0.0564 e. The fraction of sp³-hybridized carbons (Fsp3) is 1.00. The monoisotopic (exact) mass is 118 g/mol. The van der Waals surface area contributed by atoms with Crippen LogP contribution in [0.1, 0.15) is 12.8 Å². The molecule has 0 saturated carbocycles. The third-order valence-electron chi connectivity index (χ3n) is 1.000. The summed E-state index contributed by atoms with van der Waals surface area (Å²) in [6.45, 7) is 1.09. The summed E-state index contributed by atoms with van der Waals surface area (Å²) >= 11 is 0. The largest absolute Gasteiger partial charge is 0.393 e. The van der Waals surface area contributed by atoms with Crippen LogP contribution in [0.25, 0.3) is 0 Å². The van der Waals surface area contributed by atoms with Crippen molar-refractivity contribution in [2.24, 2.45) is 11.5 Å². The molecule has 0 spiro atoms. The van der Waals surface area contributed by atoms with Crippen LogP contribution in [-0.2, 0) is 0 Å². The van der Waals surface area contributed by atoms with Gasteiger partial charge in [-0.25, -0.2) is 0 Å². The van der Waals surface area contributed by atoms with Crippen LogP contribution in [0.3, 0.4) is 0 Å². The van der Waals surface area contributed by atoms with E-state index in [2.05, 4.69) is 0 Å². The van der Waals surface area contributed by atoms with Gasteiger partial charge in [-0.3, -0.25) is 0 Å². The first-order valence-electron chi connectivity index (χ1n) is 2.89. The summed E-state index contributed by atoms with van der Waals surface area (Å²) in [7, 11) is 0. The lowest BCUT2D eigenvalue weighted by molar-refractivity contribution is 0.160. The summed E-state index contributed by atoms with van der Waals surface area (Å²) in [4.78, 5) is 0. The molecule has 0 aliphatic carbocycles. The van der Waals surface area contributed by atoms with Gasteiger partial charge < -0.3 is 16.6 Å². The van der Waals surface area contributed by atoms with E-state index in [9.17, 15) is 0 Å². The second-order valence-corrected chi connectivity index (χ2v) is 1.81. The molecule has 0 saturated heterocycles.